The second-order valence-corrected chi connectivity index (χ2v) is 6.62. The summed E-state index contributed by atoms with van der Waals surface area (Å²) in [5.41, 5.74) is 1.42. The molecule has 0 saturated heterocycles. The third kappa shape index (κ3) is 4.28. The lowest BCUT2D eigenvalue weighted by atomic mass is 10.1. The van der Waals surface area contributed by atoms with Crippen LogP contribution in [0.3, 0.4) is 0 Å². The molecule has 0 bridgehead atoms. The number of nitrogens with zero attached hydrogens (tertiary/aromatic N) is 2. The van der Waals surface area contributed by atoms with Crippen LogP contribution in [0.1, 0.15) is 24.3 Å². The van der Waals surface area contributed by atoms with Gasteiger partial charge < -0.3 is 10.2 Å². The Morgan fingerprint density at radius 3 is 3.00 bits per heavy atom. The molecule has 1 aliphatic heterocycles. The first kappa shape index (κ1) is 16.0. The third-order valence-electron chi connectivity index (χ3n) is 3.97. The smallest absolute Gasteiger partial charge is 0.239 e. The maximum Gasteiger partial charge on any atom is 0.239 e. The van der Waals surface area contributed by atoms with E-state index in [-0.39, 0.29) is 18.4 Å². The van der Waals surface area contributed by atoms with E-state index >= 15 is 0 Å². The van der Waals surface area contributed by atoms with E-state index in [1.54, 1.807) is 7.05 Å². The topological polar surface area (TPSA) is 52.7 Å². The first-order valence-electron chi connectivity index (χ1n) is 7.25. The average molecular weight is 309 g/mol. The molecule has 1 N–H and O–H groups in total. The number of likely N-dealkylation sites (N-methyl/N-ethyl adjacent to an activating group) is 1. The fourth-order valence-electron chi connectivity index (χ4n) is 2.42. The summed E-state index contributed by atoms with van der Waals surface area (Å²) >= 11 is 1.83. The highest BCUT2D eigenvalue weighted by Gasteiger charge is 2.21. The minimum absolute atomic E-state index is 0.0979. The molecule has 0 radical (unpaired) electrons. The SMILES string of the molecule is CC(=O)N(C)CC(=O)NCC(C)N1CCc2sccc2C1. The van der Waals surface area contributed by atoms with Crippen molar-refractivity contribution in [2.24, 2.45) is 0 Å². The Hall–Kier alpha value is -1.40. The van der Waals surface area contributed by atoms with Gasteiger partial charge in [-0.05, 0) is 30.4 Å². The van der Waals surface area contributed by atoms with Gasteiger partial charge in [-0.2, -0.15) is 0 Å². The Balaban J connectivity index is 1.76. The summed E-state index contributed by atoms with van der Waals surface area (Å²) in [5, 5.41) is 5.06. The molecule has 1 aliphatic rings. The Bertz CT molecular complexity index is 515. The number of fused-ring (bicyclic) bond motifs is 1. The molecule has 2 rings (SSSR count). The highest BCUT2D eigenvalue weighted by atomic mass is 32.1. The predicted octanol–water partition coefficient (Wildman–Crippen LogP) is 1.09. The van der Waals surface area contributed by atoms with Gasteiger partial charge in [-0.1, -0.05) is 0 Å². The van der Waals surface area contributed by atoms with Gasteiger partial charge in [-0.25, -0.2) is 0 Å². The van der Waals surface area contributed by atoms with Gasteiger partial charge in [-0.3, -0.25) is 14.5 Å². The normalized spacial score (nSPS) is 16.1. The van der Waals surface area contributed by atoms with Gasteiger partial charge in [0.25, 0.3) is 0 Å². The molecule has 1 atom stereocenters. The lowest BCUT2D eigenvalue weighted by Gasteiger charge is -2.32. The molecule has 21 heavy (non-hydrogen) atoms. The fraction of sp³-hybridized carbons (Fsp3) is 0.600. The van der Waals surface area contributed by atoms with E-state index in [0.717, 1.165) is 19.5 Å². The molecule has 0 spiro atoms. The van der Waals surface area contributed by atoms with E-state index in [4.69, 9.17) is 0 Å². The second kappa shape index (κ2) is 7.04. The van der Waals surface area contributed by atoms with E-state index in [0.29, 0.717) is 12.6 Å². The van der Waals surface area contributed by atoms with Crippen LogP contribution in [0.4, 0.5) is 0 Å². The van der Waals surface area contributed by atoms with E-state index < -0.39 is 0 Å². The highest BCUT2D eigenvalue weighted by Crippen LogP contribution is 2.24. The first-order chi connectivity index (χ1) is 9.97. The average Bonchev–Trinajstić information content (AvgIpc) is 2.91. The van der Waals surface area contributed by atoms with Crippen LogP contribution in [0.15, 0.2) is 11.4 Å². The number of hydrogen-bond acceptors (Lipinski definition) is 4. The minimum atomic E-state index is -0.104. The molecule has 116 valence electrons. The van der Waals surface area contributed by atoms with Crippen LogP contribution in [0, 0.1) is 0 Å². The molecule has 5 nitrogen and oxygen atoms in total. The summed E-state index contributed by atoms with van der Waals surface area (Å²) in [4.78, 5) is 28.2. The molecule has 6 heteroatoms. The van der Waals surface area contributed by atoms with E-state index in [2.05, 4.69) is 28.6 Å². The van der Waals surface area contributed by atoms with Crippen LogP contribution in [0.2, 0.25) is 0 Å². The van der Waals surface area contributed by atoms with Gasteiger partial charge in [0, 0.05) is 44.5 Å². The number of nitrogens with one attached hydrogen (secondary N) is 1. The molecule has 0 saturated carbocycles. The summed E-state index contributed by atoms with van der Waals surface area (Å²) in [6.07, 6.45) is 1.10. The van der Waals surface area contributed by atoms with Crippen LogP contribution < -0.4 is 5.32 Å². The van der Waals surface area contributed by atoms with Gasteiger partial charge in [0.05, 0.1) is 6.54 Å². The number of amides is 2. The van der Waals surface area contributed by atoms with Crippen molar-refractivity contribution < 1.29 is 9.59 Å². The highest BCUT2D eigenvalue weighted by molar-refractivity contribution is 7.10. The minimum Gasteiger partial charge on any atom is -0.353 e. The number of hydrogen-bond donors (Lipinski definition) is 1. The van der Waals surface area contributed by atoms with Crippen molar-refractivity contribution in [3.63, 3.8) is 0 Å². The van der Waals surface area contributed by atoms with E-state index in [1.807, 2.05) is 11.3 Å². The monoisotopic (exact) mass is 309 g/mol. The van der Waals surface area contributed by atoms with E-state index in [9.17, 15) is 9.59 Å². The number of carbonyl (C=O) groups excluding carboxylic acids is 2. The van der Waals surface area contributed by atoms with Crippen molar-refractivity contribution in [2.45, 2.75) is 32.9 Å². The number of carbonyl (C=O) groups is 2. The lowest BCUT2D eigenvalue weighted by molar-refractivity contribution is -0.133. The van der Waals surface area contributed by atoms with Crippen molar-refractivity contribution in [1.82, 2.24) is 15.1 Å². The largest absolute Gasteiger partial charge is 0.353 e. The van der Waals surface area contributed by atoms with Gasteiger partial charge in [-0.15, -0.1) is 11.3 Å². The number of rotatable bonds is 5. The zero-order chi connectivity index (χ0) is 15.4. The maximum atomic E-state index is 11.8. The van der Waals surface area contributed by atoms with E-state index in [1.165, 1.54) is 22.3 Å². The molecular weight excluding hydrogens is 286 g/mol. The summed E-state index contributed by atoms with van der Waals surface area (Å²) < 4.78 is 0. The van der Waals surface area contributed by atoms with Gasteiger partial charge in [0.1, 0.15) is 0 Å². The van der Waals surface area contributed by atoms with Crippen molar-refractivity contribution in [3.8, 4) is 0 Å². The molecule has 0 aromatic carbocycles. The number of thiophene rings is 1. The van der Waals surface area contributed by atoms with Crippen LogP contribution >= 0.6 is 11.3 Å². The molecular formula is C15H23N3O2S. The Labute approximate surface area is 129 Å². The molecule has 1 unspecified atom stereocenters. The zero-order valence-electron chi connectivity index (χ0n) is 12.9. The van der Waals surface area contributed by atoms with Crippen molar-refractivity contribution in [2.75, 3.05) is 26.7 Å². The van der Waals surface area contributed by atoms with Gasteiger partial charge >= 0.3 is 0 Å². The molecule has 2 amide bonds. The van der Waals surface area contributed by atoms with Crippen molar-refractivity contribution >= 4 is 23.2 Å². The van der Waals surface area contributed by atoms with Crippen LogP contribution in [0.25, 0.3) is 0 Å². The quantitative estimate of drug-likeness (QED) is 0.886. The first-order valence-corrected chi connectivity index (χ1v) is 8.13. The molecule has 2 heterocycles. The molecule has 1 aromatic heterocycles. The lowest BCUT2D eigenvalue weighted by Crippen LogP contribution is -2.46. The summed E-state index contributed by atoms with van der Waals surface area (Å²) in [5.74, 6) is -0.202. The van der Waals surface area contributed by atoms with Crippen LogP contribution in [-0.4, -0.2) is 54.3 Å². The Morgan fingerprint density at radius 1 is 1.52 bits per heavy atom. The van der Waals surface area contributed by atoms with Gasteiger partial charge in [0.2, 0.25) is 11.8 Å². The van der Waals surface area contributed by atoms with Crippen LogP contribution in [-0.2, 0) is 22.6 Å². The Morgan fingerprint density at radius 2 is 2.29 bits per heavy atom. The summed E-state index contributed by atoms with van der Waals surface area (Å²) in [6.45, 7) is 6.33. The molecule has 0 fully saturated rings. The summed E-state index contributed by atoms with van der Waals surface area (Å²) in [7, 11) is 1.63. The van der Waals surface area contributed by atoms with Crippen molar-refractivity contribution in [3.05, 3.63) is 21.9 Å². The summed E-state index contributed by atoms with van der Waals surface area (Å²) in [6, 6.07) is 2.49. The Kier molecular flexibility index (Phi) is 5.36. The molecule has 1 aromatic rings. The zero-order valence-corrected chi connectivity index (χ0v) is 13.7. The maximum absolute atomic E-state index is 11.8. The standard InChI is InChI=1S/C15H23N3O2S/c1-11(8-16-15(20)10-17(3)12(2)19)18-6-4-14-13(9-18)5-7-21-14/h5,7,11H,4,6,8-10H2,1-3H3,(H,16,20). The fourth-order valence-corrected chi connectivity index (χ4v) is 3.31. The third-order valence-corrected chi connectivity index (χ3v) is 5.00. The predicted molar refractivity (Wildman–Crippen MR) is 84.2 cm³/mol. The second-order valence-electron chi connectivity index (χ2n) is 5.62. The van der Waals surface area contributed by atoms with Crippen LogP contribution in [0.5, 0.6) is 0 Å². The van der Waals surface area contributed by atoms with Gasteiger partial charge in [0.15, 0.2) is 0 Å². The van der Waals surface area contributed by atoms with Crippen molar-refractivity contribution in [1.29, 1.82) is 0 Å². The molecule has 0 aliphatic carbocycles.